The summed E-state index contributed by atoms with van der Waals surface area (Å²) < 4.78 is 26.3. The van der Waals surface area contributed by atoms with Crippen molar-refractivity contribution in [2.24, 2.45) is 0 Å². The average molecular weight is 283 g/mol. The maximum atomic E-state index is 12.0. The molecule has 0 saturated carbocycles. The molecule has 0 heterocycles. The van der Waals surface area contributed by atoms with E-state index in [1.54, 1.807) is 0 Å². The number of anilines is 1. The van der Waals surface area contributed by atoms with Crippen LogP contribution in [0, 0.1) is 11.3 Å². The predicted molar refractivity (Wildman–Crippen MR) is 71.7 cm³/mol. The SMILES string of the molecule is CCC(O)CCNS(=O)(=O)c1ccc(C#N)cc1N. The van der Waals surface area contributed by atoms with E-state index >= 15 is 0 Å². The molecule has 0 amide bonds. The first-order valence-electron chi connectivity index (χ1n) is 5.88. The summed E-state index contributed by atoms with van der Waals surface area (Å²) in [5.41, 5.74) is 5.95. The topological polar surface area (TPSA) is 116 Å². The zero-order valence-electron chi connectivity index (χ0n) is 10.6. The molecule has 1 aromatic rings. The molecular formula is C12H17N3O3S. The van der Waals surface area contributed by atoms with Crippen molar-refractivity contribution in [3.05, 3.63) is 23.8 Å². The fourth-order valence-corrected chi connectivity index (χ4v) is 2.66. The molecule has 0 aliphatic heterocycles. The highest BCUT2D eigenvalue weighted by Gasteiger charge is 2.17. The number of nitrogens with two attached hydrogens (primary N) is 1. The van der Waals surface area contributed by atoms with Gasteiger partial charge in [0.2, 0.25) is 10.0 Å². The Morgan fingerprint density at radius 3 is 2.74 bits per heavy atom. The molecule has 0 spiro atoms. The van der Waals surface area contributed by atoms with Crippen LogP contribution in [0.25, 0.3) is 0 Å². The Kier molecular flexibility index (Phi) is 5.30. The fourth-order valence-electron chi connectivity index (χ4n) is 1.50. The van der Waals surface area contributed by atoms with E-state index in [-0.39, 0.29) is 17.1 Å². The van der Waals surface area contributed by atoms with Crippen LogP contribution in [0.5, 0.6) is 0 Å². The first-order chi connectivity index (χ1) is 8.90. The molecule has 7 heteroatoms. The van der Waals surface area contributed by atoms with Crippen LogP contribution in [-0.2, 0) is 10.0 Å². The van der Waals surface area contributed by atoms with Crippen LogP contribution in [0.3, 0.4) is 0 Å². The normalized spacial score (nSPS) is 12.9. The van der Waals surface area contributed by atoms with Crippen molar-refractivity contribution in [2.75, 3.05) is 12.3 Å². The summed E-state index contributed by atoms with van der Waals surface area (Å²) in [4.78, 5) is -0.0579. The molecule has 19 heavy (non-hydrogen) atoms. The van der Waals surface area contributed by atoms with E-state index in [2.05, 4.69) is 4.72 Å². The van der Waals surface area contributed by atoms with Crippen LogP contribution < -0.4 is 10.5 Å². The first-order valence-corrected chi connectivity index (χ1v) is 7.36. The molecule has 0 aliphatic rings. The van der Waals surface area contributed by atoms with Crippen molar-refractivity contribution < 1.29 is 13.5 Å². The van der Waals surface area contributed by atoms with Gasteiger partial charge in [-0.3, -0.25) is 0 Å². The number of nitrogens with one attached hydrogen (secondary N) is 1. The Balaban J connectivity index is 2.81. The van der Waals surface area contributed by atoms with Gasteiger partial charge in [-0.25, -0.2) is 13.1 Å². The van der Waals surface area contributed by atoms with Gasteiger partial charge in [0, 0.05) is 6.54 Å². The van der Waals surface area contributed by atoms with E-state index in [0.717, 1.165) is 0 Å². The minimum atomic E-state index is -3.72. The van der Waals surface area contributed by atoms with E-state index in [9.17, 15) is 13.5 Å². The number of hydrogen-bond donors (Lipinski definition) is 3. The van der Waals surface area contributed by atoms with Crippen molar-refractivity contribution in [1.29, 1.82) is 5.26 Å². The smallest absolute Gasteiger partial charge is 0.242 e. The summed E-state index contributed by atoms with van der Waals surface area (Å²) in [5.74, 6) is 0. The lowest BCUT2D eigenvalue weighted by atomic mass is 10.2. The Morgan fingerprint density at radius 1 is 1.53 bits per heavy atom. The minimum Gasteiger partial charge on any atom is -0.398 e. The van der Waals surface area contributed by atoms with E-state index in [0.29, 0.717) is 18.4 Å². The van der Waals surface area contributed by atoms with Gasteiger partial charge in [-0.05, 0) is 31.0 Å². The molecule has 1 rings (SSSR count). The van der Waals surface area contributed by atoms with E-state index in [1.807, 2.05) is 13.0 Å². The minimum absolute atomic E-state index is 0.0302. The van der Waals surface area contributed by atoms with Crippen LogP contribution in [0.2, 0.25) is 0 Å². The summed E-state index contributed by atoms with van der Waals surface area (Å²) >= 11 is 0. The lowest BCUT2D eigenvalue weighted by Crippen LogP contribution is -2.27. The van der Waals surface area contributed by atoms with E-state index in [1.165, 1.54) is 18.2 Å². The quantitative estimate of drug-likeness (QED) is 0.660. The number of sulfonamides is 1. The highest BCUT2D eigenvalue weighted by molar-refractivity contribution is 7.89. The van der Waals surface area contributed by atoms with Gasteiger partial charge in [0.15, 0.2) is 0 Å². The van der Waals surface area contributed by atoms with Crippen molar-refractivity contribution in [3.63, 3.8) is 0 Å². The molecule has 1 unspecified atom stereocenters. The molecule has 0 saturated heterocycles. The van der Waals surface area contributed by atoms with Crippen LogP contribution in [0.15, 0.2) is 23.1 Å². The lowest BCUT2D eigenvalue weighted by molar-refractivity contribution is 0.162. The molecule has 0 bridgehead atoms. The van der Waals surface area contributed by atoms with Gasteiger partial charge in [-0.1, -0.05) is 6.92 Å². The Hall–Kier alpha value is -1.62. The number of benzene rings is 1. The summed E-state index contributed by atoms with van der Waals surface area (Å²) in [6.45, 7) is 1.95. The zero-order chi connectivity index (χ0) is 14.5. The largest absolute Gasteiger partial charge is 0.398 e. The van der Waals surface area contributed by atoms with Gasteiger partial charge in [-0.2, -0.15) is 5.26 Å². The number of nitrogens with zero attached hydrogens (tertiary/aromatic N) is 1. The number of nitrogen functional groups attached to an aromatic ring is 1. The highest BCUT2D eigenvalue weighted by Crippen LogP contribution is 2.19. The van der Waals surface area contributed by atoms with Gasteiger partial charge in [0.05, 0.1) is 23.4 Å². The summed E-state index contributed by atoms with van der Waals surface area (Å²) in [6, 6.07) is 5.89. The molecule has 1 atom stereocenters. The lowest BCUT2D eigenvalue weighted by Gasteiger charge is -2.11. The van der Waals surface area contributed by atoms with Crippen LogP contribution in [0.4, 0.5) is 5.69 Å². The van der Waals surface area contributed by atoms with Crippen molar-refractivity contribution in [3.8, 4) is 6.07 Å². The zero-order valence-corrected chi connectivity index (χ0v) is 11.4. The van der Waals surface area contributed by atoms with Gasteiger partial charge >= 0.3 is 0 Å². The van der Waals surface area contributed by atoms with Gasteiger partial charge in [0.25, 0.3) is 0 Å². The Morgan fingerprint density at radius 2 is 2.21 bits per heavy atom. The number of aliphatic hydroxyl groups is 1. The maximum Gasteiger partial charge on any atom is 0.242 e. The van der Waals surface area contributed by atoms with Gasteiger partial charge in [0.1, 0.15) is 4.90 Å². The second-order valence-electron chi connectivity index (χ2n) is 4.11. The van der Waals surface area contributed by atoms with E-state index < -0.39 is 16.1 Å². The van der Waals surface area contributed by atoms with Crippen molar-refractivity contribution in [2.45, 2.75) is 30.8 Å². The molecule has 0 aromatic heterocycles. The molecule has 4 N–H and O–H groups in total. The maximum absolute atomic E-state index is 12.0. The molecule has 0 radical (unpaired) electrons. The second kappa shape index (κ2) is 6.52. The van der Waals surface area contributed by atoms with Crippen molar-refractivity contribution >= 4 is 15.7 Å². The average Bonchev–Trinajstić information content (AvgIpc) is 2.37. The van der Waals surface area contributed by atoms with E-state index in [4.69, 9.17) is 11.0 Å². The fraction of sp³-hybridized carbons (Fsp3) is 0.417. The highest BCUT2D eigenvalue weighted by atomic mass is 32.2. The first kappa shape index (κ1) is 15.4. The standard InChI is InChI=1S/C12H17N3O3S/c1-2-10(16)5-6-15-19(17,18)12-4-3-9(8-13)7-11(12)14/h3-4,7,10,15-16H,2,5-6,14H2,1H3. The van der Waals surface area contributed by atoms with Crippen LogP contribution in [0.1, 0.15) is 25.3 Å². The third kappa shape index (κ3) is 4.21. The summed E-state index contributed by atoms with van der Waals surface area (Å²) in [7, 11) is -3.72. The third-order valence-corrected chi connectivity index (χ3v) is 4.20. The van der Waals surface area contributed by atoms with Gasteiger partial charge in [-0.15, -0.1) is 0 Å². The molecule has 0 fully saturated rings. The monoisotopic (exact) mass is 283 g/mol. The van der Waals surface area contributed by atoms with Crippen LogP contribution in [-0.4, -0.2) is 26.2 Å². The summed E-state index contributed by atoms with van der Waals surface area (Å²) in [5, 5.41) is 18.0. The molecular weight excluding hydrogens is 266 g/mol. The summed E-state index contributed by atoms with van der Waals surface area (Å²) in [6.07, 6.45) is 0.383. The second-order valence-corrected chi connectivity index (χ2v) is 5.85. The molecule has 1 aromatic carbocycles. The van der Waals surface area contributed by atoms with Crippen LogP contribution >= 0.6 is 0 Å². The number of hydrogen-bond acceptors (Lipinski definition) is 5. The molecule has 0 aliphatic carbocycles. The number of nitriles is 1. The number of aliphatic hydroxyl groups excluding tert-OH is 1. The third-order valence-electron chi connectivity index (χ3n) is 2.67. The molecule has 104 valence electrons. The Bertz CT molecular complexity index is 578. The molecule has 6 nitrogen and oxygen atoms in total. The van der Waals surface area contributed by atoms with Gasteiger partial charge < -0.3 is 10.8 Å². The Labute approximate surface area is 112 Å². The van der Waals surface area contributed by atoms with Crippen molar-refractivity contribution in [1.82, 2.24) is 4.72 Å². The predicted octanol–water partition coefficient (Wildman–Crippen LogP) is 0.580. The number of rotatable bonds is 6.